The molecule has 1 heterocycles. The molecule has 2 N–H and O–H groups in total. The van der Waals surface area contributed by atoms with E-state index < -0.39 is 11.4 Å². The van der Waals surface area contributed by atoms with Crippen LogP contribution in [0.3, 0.4) is 0 Å². The summed E-state index contributed by atoms with van der Waals surface area (Å²) in [5.41, 5.74) is -0.456. The van der Waals surface area contributed by atoms with E-state index >= 15 is 0 Å². The van der Waals surface area contributed by atoms with E-state index in [9.17, 15) is 9.59 Å². The van der Waals surface area contributed by atoms with Gasteiger partial charge in [-0.05, 0) is 32.2 Å². The summed E-state index contributed by atoms with van der Waals surface area (Å²) in [4.78, 5) is 24.9. The molecule has 0 aliphatic carbocycles. The van der Waals surface area contributed by atoms with Crippen molar-refractivity contribution in [2.24, 2.45) is 11.3 Å². The van der Waals surface area contributed by atoms with Gasteiger partial charge >= 0.3 is 5.97 Å². The number of hydrogen-bond donors (Lipinski definition) is 2. The van der Waals surface area contributed by atoms with Crippen molar-refractivity contribution in [3.8, 4) is 0 Å². The Kier molecular flexibility index (Phi) is 5.14. The van der Waals surface area contributed by atoms with Gasteiger partial charge in [0.25, 0.3) is 0 Å². The molecule has 1 atom stereocenters. The van der Waals surface area contributed by atoms with Crippen molar-refractivity contribution < 1.29 is 14.7 Å². The largest absolute Gasteiger partial charge is 0.480 e. The fraction of sp³-hybridized carbons (Fsp3) is 0.846. The highest BCUT2D eigenvalue weighted by Crippen LogP contribution is 2.28. The summed E-state index contributed by atoms with van der Waals surface area (Å²) in [6.45, 7) is 7.78. The second kappa shape index (κ2) is 6.18. The second-order valence-electron chi connectivity index (χ2n) is 5.81. The van der Waals surface area contributed by atoms with Gasteiger partial charge in [0.2, 0.25) is 5.91 Å². The van der Waals surface area contributed by atoms with Crippen LogP contribution in [-0.4, -0.2) is 48.1 Å². The molecule has 0 aromatic rings. The number of carboxylic acids is 1. The van der Waals surface area contributed by atoms with E-state index in [2.05, 4.69) is 5.32 Å². The number of hydrogen-bond acceptors (Lipinski definition) is 3. The number of carboxylic acid groups (broad SMARTS) is 1. The van der Waals surface area contributed by atoms with E-state index in [0.29, 0.717) is 13.1 Å². The summed E-state index contributed by atoms with van der Waals surface area (Å²) in [5.74, 6) is -0.712. The molecular weight excluding hydrogens is 232 g/mol. The van der Waals surface area contributed by atoms with Crippen LogP contribution in [0.15, 0.2) is 0 Å². The maximum atomic E-state index is 12.5. The van der Waals surface area contributed by atoms with Crippen LogP contribution in [0.1, 0.15) is 33.6 Å². The Morgan fingerprint density at radius 1 is 1.44 bits per heavy atom. The number of nitrogens with one attached hydrogen (secondary N) is 1. The number of rotatable bonds is 5. The second-order valence-corrected chi connectivity index (χ2v) is 5.81. The molecule has 0 aromatic heterocycles. The first-order valence-corrected chi connectivity index (χ1v) is 6.57. The lowest BCUT2D eigenvalue weighted by atomic mass is 9.81. The highest BCUT2D eigenvalue weighted by Gasteiger charge is 2.38. The van der Waals surface area contributed by atoms with Crippen molar-refractivity contribution in [1.82, 2.24) is 10.2 Å². The van der Waals surface area contributed by atoms with Crippen molar-refractivity contribution >= 4 is 11.9 Å². The zero-order chi connectivity index (χ0) is 13.8. The van der Waals surface area contributed by atoms with Gasteiger partial charge in [-0.15, -0.1) is 0 Å². The Morgan fingerprint density at radius 3 is 2.56 bits per heavy atom. The normalized spacial score (nSPS) is 24.0. The molecule has 1 aliphatic rings. The minimum Gasteiger partial charge on any atom is -0.480 e. The lowest BCUT2D eigenvalue weighted by molar-refractivity contribution is -0.150. The van der Waals surface area contributed by atoms with Gasteiger partial charge in [-0.25, -0.2) is 0 Å². The van der Waals surface area contributed by atoms with E-state index in [1.54, 1.807) is 0 Å². The molecule has 0 saturated carbocycles. The van der Waals surface area contributed by atoms with Crippen molar-refractivity contribution in [3.05, 3.63) is 0 Å². The first-order chi connectivity index (χ1) is 8.35. The fourth-order valence-electron chi connectivity index (χ4n) is 2.44. The quantitative estimate of drug-likeness (QED) is 0.768. The predicted molar refractivity (Wildman–Crippen MR) is 69.3 cm³/mol. The van der Waals surface area contributed by atoms with Crippen LogP contribution < -0.4 is 5.32 Å². The average molecular weight is 256 g/mol. The Labute approximate surface area is 109 Å². The van der Waals surface area contributed by atoms with Crippen LogP contribution in [-0.2, 0) is 9.59 Å². The van der Waals surface area contributed by atoms with E-state index in [1.165, 1.54) is 4.90 Å². The molecular formula is C13H24N2O3. The number of nitrogens with zero attached hydrogens (tertiary/aromatic N) is 1. The fourth-order valence-corrected chi connectivity index (χ4v) is 2.44. The van der Waals surface area contributed by atoms with Gasteiger partial charge in [0, 0.05) is 13.1 Å². The van der Waals surface area contributed by atoms with Gasteiger partial charge in [-0.1, -0.05) is 13.8 Å². The minimum absolute atomic E-state index is 0.0363. The smallest absolute Gasteiger partial charge is 0.323 e. The molecule has 104 valence electrons. The minimum atomic E-state index is -0.948. The predicted octanol–water partition coefficient (Wildman–Crippen LogP) is 0.945. The number of aliphatic carboxylic acids is 1. The van der Waals surface area contributed by atoms with Crippen LogP contribution in [0, 0.1) is 11.3 Å². The van der Waals surface area contributed by atoms with Crippen LogP contribution in [0.25, 0.3) is 0 Å². The lowest BCUT2D eigenvalue weighted by Crippen LogP contribution is -2.52. The molecule has 1 rings (SSSR count). The summed E-state index contributed by atoms with van der Waals surface area (Å²) in [7, 11) is 0. The molecule has 0 bridgehead atoms. The molecule has 0 spiro atoms. The number of piperidine rings is 1. The van der Waals surface area contributed by atoms with Crippen molar-refractivity contribution in [3.63, 3.8) is 0 Å². The molecule has 5 nitrogen and oxygen atoms in total. The SMILES string of the molecule is CC(C)CN(CC(=O)O)C(=O)C1(C)CCCNC1. The zero-order valence-corrected chi connectivity index (χ0v) is 11.5. The van der Waals surface area contributed by atoms with Crippen molar-refractivity contribution in [2.45, 2.75) is 33.6 Å². The Balaban J connectivity index is 2.76. The third-order valence-corrected chi connectivity index (χ3v) is 3.31. The maximum Gasteiger partial charge on any atom is 0.323 e. The van der Waals surface area contributed by atoms with Gasteiger partial charge < -0.3 is 15.3 Å². The maximum absolute atomic E-state index is 12.5. The average Bonchev–Trinajstić information content (AvgIpc) is 2.27. The lowest BCUT2D eigenvalue weighted by Gasteiger charge is -2.37. The third-order valence-electron chi connectivity index (χ3n) is 3.31. The molecule has 1 fully saturated rings. The van der Waals surface area contributed by atoms with Gasteiger partial charge in [0.1, 0.15) is 6.54 Å². The zero-order valence-electron chi connectivity index (χ0n) is 11.5. The molecule has 5 heteroatoms. The highest BCUT2D eigenvalue weighted by atomic mass is 16.4. The summed E-state index contributed by atoms with van der Waals surface area (Å²) in [6.07, 6.45) is 1.79. The number of carbonyl (C=O) groups excluding carboxylic acids is 1. The van der Waals surface area contributed by atoms with E-state index in [-0.39, 0.29) is 18.4 Å². The molecule has 18 heavy (non-hydrogen) atoms. The molecule has 1 amide bonds. The number of carbonyl (C=O) groups is 2. The summed E-state index contributed by atoms with van der Waals surface area (Å²) >= 11 is 0. The van der Waals surface area contributed by atoms with Gasteiger partial charge in [-0.2, -0.15) is 0 Å². The van der Waals surface area contributed by atoms with Crippen LogP contribution in [0.2, 0.25) is 0 Å². The van der Waals surface area contributed by atoms with Crippen molar-refractivity contribution in [1.29, 1.82) is 0 Å². The molecule has 1 saturated heterocycles. The molecule has 0 radical (unpaired) electrons. The Bertz CT molecular complexity index is 309. The summed E-state index contributed by atoms with van der Waals surface area (Å²) in [5, 5.41) is 12.1. The highest BCUT2D eigenvalue weighted by molar-refractivity contribution is 5.86. The first kappa shape index (κ1) is 15.0. The van der Waals surface area contributed by atoms with Crippen LogP contribution in [0.5, 0.6) is 0 Å². The number of amides is 1. The van der Waals surface area contributed by atoms with Crippen LogP contribution in [0.4, 0.5) is 0 Å². The molecule has 1 unspecified atom stereocenters. The van der Waals surface area contributed by atoms with E-state index in [1.807, 2.05) is 20.8 Å². The van der Waals surface area contributed by atoms with E-state index in [4.69, 9.17) is 5.11 Å². The first-order valence-electron chi connectivity index (χ1n) is 6.57. The molecule has 0 aromatic carbocycles. The molecule has 1 aliphatic heterocycles. The topological polar surface area (TPSA) is 69.6 Å². The van der Waals surface area contributed by atoms with Gasteiger partial charge in [0.15, 0.2) is 0 Å². The Morgan fingerprint density at radius 2 is 2.11 bits per heavy atom. The van der Waals surface area contributed by atoms with Gasteiger partial charge in [-0.3, -0.25) is 9.59 Å². The van der Waals surface area contributed by atoms with Crippen LogP contribution >= 0.6 is 0 Å². The monoisotopic (exact) mass is 256 g/mol. The van der Waals surface area contributed by atoms with E-state index in [0.717, 1.165) is 19.4 Å². The van der Waals surface area contributed by atoms with Crippen molar-refractivity contribution in [2.75, 3.05) is 26.2 Å². The third kappa shape index (κ3) is 3.98. The Hall–Kier alpha value is -1.10. The van der Waals surface area contributed by atoms with Gasteiger partial charge in [0.05, 0.1) is 5.41 Å². The summed E-state index contributed by atoms with van der Waals surface area (Å²) in [6, 6.07) is 0. The summed E-state index contributed by atoms with van der Waals surface area (Å²) < 4.78 is 0. The standard InChI is InChI=1S/C13H24N2O3/c1-10(2)7-15(8-11(16)17)12(18)13(3)5-4-6-14-9-13/h10,14H,4-9H2,1-3H3,(H,16,17).